The van der Waals surface area contributed by atoms with Gasteiger partial charge in [0.2, 0.25) is 0 Å². The highest BCUT2D eigenvalue weighted by Crippen LogP contribution is 2.39. The fourth-order valence-electron chi connectivity index (χ4n) is 5.05. The van der Waals surface area contributed by atoms with Crippen molar-refractivity contribution in [1.82, 2.24) is 9.97 Å². The van der Waals surface area contributed by atoms with Crippen molar-refractivity contribution in [3.8, 4) is 39.4 Å². The molecule has 1 heterocycles. The van der Waals surface area contributed by atoms with Crippen molar-refractivity contribution >= 4 is 0 Å². The minimum Gasteiger partial charge on any atom is -0.429 e. The van der Waals surface area contributed by atoms with E-state index >= 15 is 8.78 Å². The van der Waals surface area contributed by atoms with E-state index in [1.807, 2.05) is 0 Å². The van der Waals surface area contributed by atoms with Crippen LogP contribution in [-0.4, -0.2) is 9.97 Å². The zero-order valence-corrected chi connectivity index (χ0v) is 24.9. The maximum absolute atomic E-state index is 15.2. The number of nitrogens with zero attached hydrogens (tertiary/aromatic N) is 2. The van der Waals surface area contributed by atoms with E-state index in [4.69, 9.17) is 0 Å². The average molecular weight is 679 g/mol. The summed E-state index contributed by atoms with van der Waals surface area (Å²) in [5, 5.41) is 0. The average Bonchev–Trinajstić information content (AvgIpc) is 3.00. The molecule has 0 aliphatic heterocycles. The Morgan fingerprint density at radius 1 is 0.646 bits per heavy atom. The molecule has 0 atom stereocenters. The molecule has 0 spiro atoms. The van der Waals surface area contributed by atoms with E-state index in [2.05, 4.69) is 21.6 Å². The molecule has 0 unspecified atom stereocenters. The molecule has 0 N–H and O–H groups in total. The van der Waals surface area contributed by atoms with Crippen molar-refractivity contribution in [2.45, 2.75) is 45.1 Å². The highest BCUT2D eigenvalue weighted by molar-refractivity contribution is 5.73. The number of aryl methyl sites for hydroxylation is 1. The summed E-state index contributed by atoms with van der Waals surface area (Å²) in [7, 11) is 0. The standard InChI is InChI=1S/C35H24F10N2O/c1-2-3-4-5-18-16-46-34(47-17-18)20-7-9-23(26(37)11-20)19-6-8-24(25(36)10-19)21-12-29(40)32(30(41)13-21)35(44,45)48-22-14-27(38)31(33(42)43)28(39)15-22/h6-17,33H,2-5H2,1H3. The number of rotatable bonds is 11. The predicted octanol–water partition coefficient (Wildman–Crippen LogP) is 11.1. The maximum Gasteiger partial charge on any atom is 0.432 e. The molecule has 0 bridgehead atoms. The molecular formula is C35H24F10N2O. The first-order valence-corrected chi connectivity index (χ1v) is 14.5. The van der Waals surface area contributed by atoms with Crippen molar-refractivity contribution in [3.63, 3.8) is 0 Å². The molecule has 3 nitrogen and oxygen atoms in total. The van der Waals surface area contributed by atoms with Gasteiger partial charge in [0.15, 0.2) is 5.82 Å². The van der Waals surface area contributed by atoms with Crippen molar-refractivity contribution in [2.24, 2.45) is 0 Å². The maximum atomic E-state index is 15.2. The second-order valence-corrected chi connectivity index (χ2v) is 10.8. The number of aromatic nitrogens is 2. The topological polar surface area (TPSA) is 35.0 Å². The van der Waals surface area contributed by atoms with Gasteiger partial charge in [-0.05, 0) is 53.8 Å². The first-order chi connectivity index (χ1) is 22.8. The summed E-state index contributed by atoms with van der Waals surface area (Å²) in [5.74, 6) is -10.5. The summed E-state index contributed by atoms with van der Waals surface area (Å²) < 4.78 is 147. The van der Waals surface area contributed by atoms with Crippen LogP contribution in [-0.2, 0) is 12.5 Å². The molecule has 48 heavy (non-hydrogen) atoms. The lowest BCUT2D eigenvalue weighted by Gasteiger charge is -2.20. The van der Waals surface area contributed by atoms with Crippen molar-refractivity contribution in [3.05, 3.63) is 125 Å². The number of hydrogen-bond donors (Lipinski definition) is 0. The minimum atomic E-state index is -4.88. The number of unbranched alkanes of at least 4 members (excludes halogenated alkanes) is 2. The molecule has 5 rings (SSSR count). The summed E-state index contributed by atoms with van der Waals surface area (Å²) in [4.78, 5) is 8.59. The summed E-state index contributed by atoms with van der Waals surface area (Å²) in [6.45, 7) is 2.09. The highest BCUT2D eigenvalue weighted by Gasteiger charge is 2.42. The van der Waals surface area contributed by atoms with Crippen molar-refractivity contribution < 1.29 is 48.6 Å². The first kappa shape index (κ1) is 34.4. The molecule has 1 aromatic heterocycles. The molecule has 5 aromatic rings. The van der Waals surface area contributed by atoms with Crippen LogP contribution in [0.3, 0.4) is 0 Å². The molecule has 0 aliphatic rings. The van der Waals surface area contributed by atoms with Gasteiger partial charge in [0.1, 0.15) is 46.2 Å². The zero-order chi connectivity index (χ0) is 34.7. The Kier molecular flexibility index (Phi) is 10.1. The van der Waals surface area contributed by atoms with Gasteiger partial charge in [-0.2, -0.15) is 8.78 Å². The molecule has 0 fully saturated rings. The third-order valence-corrected chi connectivity index (χ3v) is 7.44. The largest absolute Gasteiger partial charge is 0.432 e. The number of hydrogen-bond acceptors (Lipinski definition) is 3. The van der Waals surface area contributed by atoms with E-state index in [1.165, 1.54) is 24.3 Å². The minimum absolute atomic E-state index is 0.0102. The second kappa shape index (κ2) is 14.0. The summed E-state index contributed by atoms with van der Waals surface area (Å²) in [6.07, 6.45) is -1.20. The Morgan fingerprint density at radius 2 is 1.17 bits per heavy atom. The van der Waals surface area contributed by atoms with Gasteiger partial charge in [-0.25, -0.2) is 45.1 Å². The Hall–Kier alpha value is -4.94. The predicted molar refractivity (Wildman–Crippen MR) is 157 cm³/mol. The summed E-state index contributed by atoms with van der Waals surface area (Å²) >= 11 is 0. The van der Waals surface area contributed by atoms with E-state index in [0.29, 0.717) is 17.7 Å². The van der Waals surface area contributed by atoms with Crippen LogP contribution in [0.15, 0.2) is 73.1 Å². The Morgan fingerprint density at radius 3 is 1.71 bits per heavy atom. The van der Waals surface area contributed by atoms with Gasteiger partial charge in [-0.15, -0.1) is 0 Å². The fourth-order valence-corrected chi connectivity index (χ4v) is 5.05. The van der Waals surface area contributed by atoms with E-state index in [1.54, 1.807) is 12.4 Å². The zero-order valence-electron chi connectivity index (χ0n) is 24.9. The lowest BCUT2D eigenvalue weighted by molar-refractivity contribution is -0.189. The number of alkyl halides is 4. The molecule has 0 saturated carbocycles. The van der Waals surface area contributed by atoms with E-state index in [9.17, 15) is 35.1 Å². The smallest absolute Gasteiger partial charge is 0.429 e. The van der Waals surface area contributed by atoms with Crippen LogP contribution in [0.2, 0.25) is 0 Å². The second-order valence-electron chi connectivity index (χ2n) is 10.8. The first-order valence-electron chi connectivity index (χ1n) is 14.5. The lowest BCUT2D eigenvalue weighted by atomic mass is 9.97. The molecule has 0 aliphatic carbocycles. The number of ether oxygens (including phenoxy) is 1. The van der Waals surface area contributed by atoms with Crippen LogP contribution < -0.4 is 4.74 Å². The van der Waals surface area contributed by atoms with E-state index < -0.39 is 75.4 Å². The summed E-state index contributed by atoms with van der Waals surface area (Å²) in [6, 6.07) is 8.08. The van der Waals surface area contributed by atoms with Gasteiger partial charge < -0.3 is 4.74 Å². The van der Waals surface area contributed by atoms with Gasteiger partial charge in [-0.1, -0.05) is 44.0 Å². The Bertz CT molecular complexity index is 1900. The van der Waals surface area contributed by atoms with Crippen LogP contribution in [0, 0.1) is 34.9 Å². The van der Waals surface area contributed by atoms with Crippen molar-refractivity contribution in [2.75, 3.05) is 0 Å². The van der Waals surface area contributed by atoms with Crippen molar-refractivity contribution in [1.29, 1.82) is 0 Å². The lowest BCUT2D eigenvalue weighted by Crippen LogP contribution is -2.25. The number of benzene rings is 4. The molecule has 4 aromatic carbocycles. The van der Waals surface area contributed by atoms with Gasteiger partial charge in [0.05, 0.1) is 5.56 Å². The normalized spacial score (nSPS) is 11.8. The Labute approximate surface area is 267 Å². The molecule has 250 valence electrons. The SMILES string of the molecule is CCCCCc1cnc(-c2ccc(-c3ccc(-c4cc(F)c(C(F)(F)Oc5cc(F)c(C(F)F)c(F)c5)c(F)c4)c(F)c3)c(F)c2)nc1. The quantitative estimate of drug-likeness (QED) is 0.103. The van der Waals surface area contributed by atoms with Crippen LogP contribution in [0.25, 0.3) is 33.6 Å². The highest BCUT2D eigenvalue weighted by atomic mass is 19.3. The third-order valence-electron chi connectivity index (χ3n) is 7.44. The van der Waals surface area contributed by atoms with Crippen LogP contribution in [0.5, 0.6) is 5.75 Å². The van der Waals surface area contributed by atoms with Crippen LogP contribution in [0.1, 0.15) is 49.3 Å². The monoisotopic (exact) mass is 678 g/mol. The summed E-state index contributed by atoms with van der Waals surface area (Å²) in [5.41, 5.74) is -3.26. The van der Waals surface area contributed by atoms with Gasteiger partial charge >= 0.3 is 6.11 Å². The van der Waals surface area contributed by atoms with Gasteiger partial charge in [0, 0.05) is 41.2 Å². The molecule has 13 heteroatoms. The molecule has 0 radical (unpaired) electrons. The molecule has 0 amide bonds. The molecular weight excluding hydrogens is 654 g/mol. The fraction of sp³-hybridized carbons (Fsp3) is 0.200. The van der Waals surface area contributed by atoms with E-state index in [-0.39, 0.29) is 29.1 Å². The van der Waals surface area contributed by atoms with Crippen LogP contribution in [0.4, 0.5) is 43.9 Å². The third kappa shape index (κ3) is 7.29. The Balaban J connectivity index is 1.37. The van der Waals surface area contributed by atoms with E-state index in [0.717, 1.165) is 43.4 Å². The van der Waals surface area contributed by atoms with Gasteiger partial charge in [0.25, 0.3) is 6.43 Å². The number of halogens is 10. The molecule has 0 saturated heterocycles. The van der Waals surface area contributed by atoms with Gasteiger partial charge in [-0.3, -0.25) is 0 Å². The van der Waals surface area contributed by atoms with Crippen LogP contribution >= 0.6 is 0 Å².